The van der Waals surface area contributed by atoms with Crippen LogP contribution in [0.5, 0.6) is 5.75 Å². The van der Waals surface area contributed by atoms with Crippen LogP contribution in [0.3, 0.4) is 0 Å². The first-order chi connectivity index (χ1) is 10.4. The fraction of sp³-hybridized carbons (Fsp3) is 0.500. The highest BCUT2D eigenvalue weighted by Gasteiger charge is 2.12. The number of methoxy groups -OCH3 is 1. The Bertz CT molecular complexity index is 505. The van der Waals surface area contributed by atoms with Gasteiger partial charge in [-0.25, -0.2) is 4.79 Å². The molecule has 6 heteroatoms. The van der Waals surface area contributed by atoms with E-state index in [2.05, 4.69) is 10.6 Å². The van der Waals surface area contributed by atoms with Crippen molar-refractivity contribution in [1.29, 1.82) is 0 Å². The van der Waals surface area contributed by atoms with E-state index in [0.29, 0.717) is 6.54 Å². The molecule has 1 atom stereocenters. The number of imide groups is 1. The van der Waals surface area contributed by atoms with Gasteiger partial charge in [0.05, 0.1) is 13.7 Å². The molecule has 0 aromatic heterocycles. The summed E-state index contributed by atoms with van der Waals surface area (Å²) in [4.78, 5) is 25.2. The van der Waals surface area contributed by atoms with E-state index in [1.54, 1.807) is 7.11 Å². The molecule has 0 saturated carbocycles. The number of urea groups is 1. The zero-order valence-electron chi connectivity index (χ0n) is 13.7. The lowest BCUT2D eigenvalue weighted by molar-refractivity contribution is -0.120. The van der Waals surface area contributed by atoms with Crippen molar-refractivity contribution in [2.24, 2.45) is 0 Å². The Morgan fingerprint density at radius 2 is 2.09 bits per heavy atom. The van der Waals surface area contributed by atoms with Gasteiger partial charge in [-0.2, -0.15) is 0 Å². The van der Waals surface area contributed by atoms with Crippen molar-refractivity contribution in [3.05, 3.63) is 29.8 Å². The fourth-order valence-electron chi connectivity index (χ4n) is 1.91. The number of carbonyl (C=O) groups excluding carboxylic acids is 2. The molecule has 0 heterocycles. The molecule has 122 valence electrons. The van der Waals surface area contributed by atoms with Gasteiger partial charge in [-0.05, 0) is 38.1 Å². The third-order valence-corrected chi connectivity index (χ3v) is 3.24. The highest BCUT2D eigenvalue weighted by molar-refractivity contribution is 5.95. The van der Waals surface area contributed by atoms with E-state index >= 15 is 0 Å². The standard InChI is InChI=1S/C16H25N3O3/c1-5-12(2)17-16(21)18-15(20)11-19(3)10-13-7-6-8-14(9-13)22-4/h6-9,12H,5,10-11H2,1-4H3,(H2,17,18,20,21)/t12-/m1/s1. The van der Waals surface area contributed by atoms with Gasteiger partial charge in [0.15, 0.2) is 0 Å². The minimum atomic E-state index is -0.450. The SMILES string of the molecule is CC[C@@H](C)NC(=O)NC(=O)CN(C)Cc1cccc(OC)c1. The molecule has 1 aromatic rings. The van der Waals surface area contributed by atoms with Crippen LogP contribution in [-0.2, 0) is 11.3 Å². The number of carbonyl (C=O) groups is 2. The van der Waals surface area contributed by atoms with Gasteiger partial charge in [-0.15, -0.1) is 0 Å². The first-order valence-corrected chi connectivity index (χ1v) is 7.36. The molecule has 0 saturated heterocycles. The third-order valence-electron chi connectivity index (χ3n) is 3.24. The Morgan fingerprint density at radius 1 is 1.36 bits per heavy atom. The lowest BCUT2D eigenvalue weighted by atomic mass is 10.2. The van der Waals surface area contributed by atoms with Crippen LogP contribution in [-0.4, -0.2) is 43.6 Å². The third kappa shape index (κ3) is 6.58. The Labute approximate surface area is 131 Å². The maximum absolute atomic E-state index is 11.8. The van der Waals surface area contributed by atoms with Gasteiger partial charge < -0.3 is 10.1 Å². The second kappa shape index (κ2) is 9.04. The topological polar surface area (TPSA) is 70.7 Å². The van der Waals surface area contributed by atoms with E-state index in [1.807, 2.05) is 50.1 Å². The average Bonchev–Trinajstić information content (AvgIpc) is 2.46. The summed E-state index contributed by atoms with van der Waals surface area (Å²) in [5.74, 6) is 0.453. The van der Waals surface area contributed by atoms with Crippen LogP contribution in [0.4, 0.5) is 4.79 Å². The molecule has 6 nitrogen and oxygen atoms in total. The van der Waals surface area contributed by atoms with Crippen molar-refractivity contribution >= 4 is 11.9 Å². The molecule has 0 spiro atoms. The van der Waals surface area contributed by atoms with E-state index in [9.17, 15) is 9.59 Å². The van der Waals surface area contributed by atoms with E-state index in [-0.39, 0.29) is 18.5 Å². The summed E-state index contributed by atoms with van der Waals surface area (Å²) in [5, 5.41) is 5.02. The minimum Gasteiger partial charge on any atom is -0.497 e. The highest BCUT2D eigenvalue weighted by atomic mass is 16.5. The lowest BCUT2D eigenvalue weighted by Gasteiger charge is -2.17. The van der Waals surface area contributed by atoms with E-state index < -0.39 is 6.03 Å². The summed E-state index contributed by atoms with van der Waals surface area (Å²) in [5.41, 5.74) is 1.04. The number of rotatable bonds is 7. The molecule has 0 unspecified atom stereocenters. The summed E-state index contributed by atoms with van der Waals surface area (Å²) in [6.07, 6.45) is 0.817. The molecule has 0 aliphatic carbocycles. The van der Waals surface area contributed by atoms with Crippen LogP contribution >= 0.6 is 0 Å². The molecule has 2 N–H and O–H groups in total. The molecule has 1 aromatic carbocycles. The van der Waals surface area contributed by atoms with Gasteiger partial charge in [0.1, 0.15) is 5.75 Å². The minimum absolute atomic E-state index is 0.0438. The molecule has 3 amide bonds. The van der Waals surface area contributed by atoms with E-state index in [1.165, 1.54) is 0 Å². The van der Waals surface area contributed by atoms with Gasteiger partial charge in [-0.1, -0.05) is 19.1 Å². The Hall–Kier alpha value is -2.08. The number of likely N-dealkylation sites (N-methyl/N-ethyl adjacent to an activating group) is 1. The lowest BCUT2D eigenvalue weighted by Crippen LogP contribution is -2.46. The van der Waals surface area contributed by atoms with Crippen LogP contribution in [0, 0.1) is 0 Å². The van der Waals surface area contributed by atoms with Gasteiger partial charge in [0.25, 0.3) is 0 Å². The summed E-state index contributed by atoms with van der Waals surface area (Å²) < 4.78 is 5.17. The smallest absolute Gasteiger partial charge is 0.321 e. The monoisotopic (exact) mass is 307 g/mol. The molecule has 0 aliphatic rings. The molecular formula is C16H25N3O3. The van der Waals surface area contributed by atoms with Gasteiger partial charge in [-0.3, -0.25) is 15.0 Å². The summed E-state index contributed by atoms with van der Waals surface area (Å²) in [6, 6.07) is 7.25. The summed E-state index contributed by atoms with van der Waals surface area (Å²) in [7, 11) is 3.44. The average molecular weight is 307 g/mol. The predicted molar refractivity (Wildman–Crippen MR) is 85.8 cm³/mol. The van der Waals surface area contributed by atoms with Crippen LogP contribution < -0.4 is 15.4 Å². The van der Waals surface area contributed by atoms with Crippen molar-refractivity contribution < 1.29 is 14.3 Å². The number of hydrogen-bond acceptors (Lipinski definition) is 4. The van der Waals surface area contributed by atoms with Crippen molar-refractivity contribution in [1.82, 2.24) is 15.5 Å². The second-order valence-electron chi connectivity index (χ2n) is 5.35. The van der Waals surface area contributed by atoms with Gasteiger partial charge >= 0.3 is 6.03 Å². The number of benzene rings is 1. The van der Waals surface area contributed by atoms with Crippen LogP contribution in [0.15, 0.2) is 24.3 Å². The first-order valence-electron chi connectivity index (χ1n) is 7.36. The predicted octanol–water partition coefficient (Wildman–Crippen LogP) is 1.75. The highest BCUT2D eigenvalue weighted by Crippen LogP contribution is 2.13. The molecule has 0 radical (unpaired) electrons. The van der Waals surface area contributed by atoms with Crippen molar-refractivity contribution in [3.8, 4) is 5.75 Å². The number of ether oxygens (including phenoxy) is 1. The second-order valence-corrected chi connectivity index (χ2v) is 5.35. The molecule has 1 rings (SSSR count). The Balaban J connectivity index is 2.42. The molecule has 0 fully saturated rings. The van der Waals surface area contributed by atoms with Crippen LogP contribution in [0.25, 0.3) is 0 Å². The molecular weight excluding hydrogens is 282 g/mol. The quantitative estimate of drug-likeness (QED) is 0.805. The largest absolute Gasteiger partial charge is 0.497 e. The van der Waals surface area contributed by atoms with Crippen molar-refractivity contribution in [3.63, 3.8) is 0 Å². The van der Waals surface area contributed by atoms with Crippen molar-refractivity contribution in [2.45, 2.75) is 32.9 Å². The van der Waals surface area contributed by atoms with E-state index in [0.717, 1.165) is 17.7 Å². The molecule has 0 bridgehead atoms. The van der Waals surface area contributed by atoms with Gasteiger partial charge in [0.2, 0.25) is 5.91 Å². The number of amides is 3. The number of hydrogen-bond donors (Lipinski definition) is 2. The number of nitrogens with zero attached hydrogens (tertiary/aromatic N) is 1. The Kier molecular flexibility index (Phi) is 7.39. The molecule has 22 heavy (non-hydrogen) atoms. The van der Waals surface area contributed by atoms with E-state index in [4.69, 9.17) is 4.74 Å². The molecule has 0 aliphatic heterocycles. The Morgan fingerprint density at radius 3 is 2.73 bits per heavy atom. The fourth-order valence-corrected chi connectivity index (χ4v) is 1.91. The maximum atomic E-state index is 11.8. The van der Waals surface area contributed by atoms with Crippen LogP contribution in [0.2, 0.25) is 0 Å². The van der Waals surface area contributed by atoms with Crippen molar-refractivity contribution in [2.75, 3.05) is 20.7 Å². The zero-order valence-corrected chi connectivity index (χ0v) is 13.7. The zero-order chi connectivity index (χ0) is 16.5. The first kappa shape index (κ1) is 18.0. The normalized spacial score (nSPS) is 11.9. The van der Waals surface area contributed by atoms with Gasteiger partial charge in [0, 0.05) is 12.6 Å². The van der Waals surface area contributed by atoms with Crippen LogP contribution in [0.1, 0.15) is 25.8 Å². The maximum Gasteiger partial charge on any atom is 0.321 e. The number of nitrogens with one attached hydrogen (secondary N) is 2. The summed E-state index contributed by atoms with van der Waals surface area (Å²) in [6.45, 7) is 4.59. The summed E-state index contributed by atoms with van der Waals surface area (Å²) >= 11 is 0.